The van der Waals surface area contributed by atoms with E-state index in [1.165, 1.54) is 6.92 Å². The van der Waals surface area contributed by atoms with E-state index in [0.29, 0.717) is 29.5 Å². The van der Waals surface area contributed by atoms with Crippen LogP contribution in [0.1, 0.15) is 66.8 Å². The third-order valence-corrected chi connectivity index (χ3v) is 4.17. The summed E-state index contributed by atoms with van der Waals surface area (Å²) in [5, 5.41) is 12.3. The zero-order valence-corrected chi connectivity index (χ0v) is 15.7. The molecular weight excluding hydrogens is 322 g/mol. The summed E-state index contributed by atoms with van der Waals surface area (Å²) in [7, 11) is 1.70. The third-order valence-electron chi connectivity index (χ3n) is 4.17. The van der Waals surface area contributed by atoms with E-state index in [4.69, 9.17) is 4.42 Å². The van der Waals surface area contributed by atoms with Crippen molar-refractivity contribution in [3.05, 3.63) is 28.7 Å². The predicted octanol–water partition coefficient (Wildman–Crippen LogP) is 2.26. The van der Waals surface area contributed by atoms with Crippen molar-refractivity contribution < 1.29 is 14.0 Å². The summed E-state index contributed by atoms with van der Waals surface area (Å²) in [4.78, 5) is 25.8. The minimum absolute atomic E-state index is 0.0139. The maximum Gasteiger partial charge on any atom is 0.235 e. The number of aromatic nitrogens is 4. The fraction of sp³-hybridized carbons (Fsp3) is 0.588. The Hall–Kier alpha value is -2.51. The van der Waals surface area contributed by atoms with Crippen molar-refractivity contribution in [3.63, 3.8) is 0 Å². The standard InChI is InChI=1S/C17H25N5O3/c1-7-14-18-19-15(25-14)9-21(6)16(24)8-10(2)22-12(4)17(13(5)23)11(3)20-22/h10H,7-9H2,1-6H3. The van der Waals surface area contributed by atoms with E-state index in [9.17, 15) is 9.59 Å². The number of nitrogens with zero attached hydrogens (tertiary/aromatic N) is 5. The van der Waals surface area contributed by atoms with E-state index >= 15 is 0 Å². The van der Waals surface area contributed by atoms with Crippen molar-refractivity contribution in [1.29, 1.82) is 0 Å². The molecule has 2 aromatic rings. The SMILES string of the molecule is CCc1nnc(CN(C)C(=O)CC(C)n2nc(C)c(C(C)=O)c2C)o1. The molecule has 136 valence electrons. The first kappa shape index (κ1) is 18.8. The molecule has 0 aliphatic carbocycles. The Morgan fingerprint density at radius 2 is 1.88 bits per heavy atom. The summed E-state index contributed by atoms with van der Waals surface area (Å²) in [5.41, 5.74) is 2.11. The van der Waals surface area contributed by atoms with Crippen LogP contribution in [0, 0.1) is 13.8 Å². The second kappa shape index (κ2) is 7.58. The molecule has 0 fully saturated rings. The van der Waals surface area contributed by atoms with E-state index in [0.717, 1.165) is 5.69 Å². The Labute approximate surface area is 147 Å². The maximum atomic E-state index is 12.5. The molecule has 0 bridgehead atoms. The molecule has 0 aliphatic rings. The molecule has 0 saturated carbocycles. The number of ketones is 1. The van der Waals surface area contributed by atoms with Gasteiger partial charge in [-0.25, -0.2) is 0 Å². The Bertz CT molecular complexity index is 777. The van der Waals surface area contributed by atoms with Gasteiger partial charge in [0.05, 0.1) is 23.8 Å². The quantitative estimate of drug-likeness (QED) is 0.713. The van der Waals surface area contributed by atoms with Gasteiger partial charge in [-0.15, -0.1) is 10.2 Å². The molecule has 2 aromatic heterocycles. The number of Topliss-reactive ketones (excluding diaryl/α,β-unsaturated/α-hetero) is 1. The smallest absolute Gasteiger partial charge is 0.235 e. The van der Waals surface area contributed by atoms with Gasteiger partial charge in [0.15, 0.2) is 5.78 Å². The second-order valence-electron chi connectivity index (χ2n) is 6.29. The lowest BCUT2D eigenvalue weighted by atomic mass is 10.1. The molecule has 0 aromatic carbocycles. The van der Waals surface area contributed by atoms with Gasteiger partial charge in [0.1, 0.15) is 0 Å². The van der Waals surface area contributed by atoms with Gasteiger partial charge in [0, 0.05) is 25.6 Å². The number of hydrogen-bond acceptors (Lipinski definition) is 6. The van der Waals surface area contributed by atoms with E-state index in [2.05, 4.69) is 15.3 Å². The number of aryl methyl sites for hydroxylation is 2. The third kappa shape index (κ3) is 4.12. The Morgan fingerprint density at radius 3 is 2.40 bits per heavy atom. The van der Waals surface area contributed by atoms with Gasteiger partial charge in [0.25, 0.3) is 0 Å². The van der Waals surface area contributed by atoms with Crippen LogP contribution in [-0.4, -0.2) is 43.6 Å². The molecule has 0 saturated heterocycles. The zero-order chi connectivity index (χ0) is 18.7. The molecular formula is C17H25N5O3. The van der Waals surface area contributed by atoms with Gasteiger partial charge >= 0.3 is 0 Å². The zero-order valence-electron chi connectivity index (χ0n) is 15.7. The molecule has 0 aliphatic heterocycles. The molecule has 0 spiro atoms. The van der Waals surface area contributed by atoms with Crippen molar-refractivity contribution in [2.24, 2.45) is 0 Å². The lowest BCUT2D eigenvalue weighted by Crippen LogP contribution is -2.28. The molecule has 8 heteroatoms. The van der Waals surface area contributed by atoms with Gasteiger partial charge in [-0.05, 0) is 27.7 Å². The van der Waals surface area contributed by atoms with Crippen LogP contribution in [0.15, 0.2) is 4.42 Å². The molecule has 25 heavy (non-hydrogen) atoms. The van der Waals surface area contributed by atoms with Crippen molar-refractivity contribution in [3.8, 4) is 0 Å². The molecule has 1 atom stereocenters. The van der Waals surface area contributed by atoms with Gasteiger partial charge < -0.3 is 9.32 Å². The lowest BCUT2D eigenvalue weighted by Gasteiger charge is -2.19. The van der Waals surface area contributed by atoms with Crippen molar-refractivity contribution in [1.82, 2.24) is 24.9 Å². The monoisotopic (exact) mass is 347 g/mol. The first-order valence-corrected chi connectivity index (χ1v) is 8.36. The highest BCUT2D eigenvalue weighted by Crippen LogP contribution is 2.20. The average Bonchev–Trinajstić information content (AvgIpc) is 3.10. The van der Waals surface area contributed by atoms with Crippen LogP contribution < -0.4 is 0 Å². The van der Waals surface area contributed by atoms with Crippen LogP contribution in [0.25, 0.3) is 0 Å². The predicted molar refractivity (Wildman–Crippen MR) is 91.2 cm³/mol. The van der Waals surface area contributed by atoms with Crippen LogP contribution >= 0.6 is 0 Å². The second-order valence-corrected chi connectivity index (χ2v) is 6.29. The van der Waals surface area contributed by atoms with Gasteiger partial charge in [-0.2, -0.15) is 5.10 Å². The summed E-state index contributed by atoms with van der Waals surface area (Å²) < 4.78 is 7.19. The van der Waals surface area contributed by atoms with Crippen molar-refractivity contribution in [2.75, 3.05) is 7.05 Å². The number of carbonyl (C=O) groups is 2. The van der Waals surface area contributed by atoms with Crippen LogP contribution in [0.5, 0.6) is 0 Å². The summed E-state index contributed by atoms with van der Waals surface area (Å²) in [5.74, 6) is 0.912. The Balaban J connectivity index is 2.04. The topological polar surface area (TPSA) is 94.1 Å². The summed E-state index contributed by atoms with van der Waals surface area (Å²) in [6.45, 7) is 9.30. The van der Waals surface area contributed by atoms with Gasteiger partial charge in [-0.1, -0.05) is 6.92 Å². The molecule has 1 amide bonds. The largest absolute Gasteiger partial charge is 0.423 e. The number of carbonyl (C=O) groups excluding carboxylic acids is 2. The number of hydrogen-bond donors (Lipinski definition) is 0. The van der Waals surface area contributed by atoms with Gasteiger partial charge in [0.2, 0.25) is 17.7 Å². The van der Waals surface area contributed by atoms with E-state index in [1.54, 1.807) is 16.6 Å². The van der Waals surface area contributed by atoms with Crippen LogP contribution in [0.4, 0.5) is 0 Å². The highest BCUT2D eigenvalue weighted by molar-refractivity contribution is 5.96. The highest BCUT2D eigenvalue weighted by Gasteiger charge is 2.22. The lowest BCUT2D eigenvalue weighted by molar-refractivity contribution is -0.131. The van der Waals surface area contributed by atoms with E-state index in [-0.39, 0.29) is 30.7 Å². The first-order chi connectivity index (χ1) is 11.7. The minimum atomic E-state index is -0.157. The molecule has 8 nitrogen and oxygen atoms in total. The van der Waals surface area contributed by atoms with Crippen molar-refractivity contribution >= 4 is 11.7 Å². The normalized spacial score (nSPS) is 12.2. The van der Waals surface area contributed by atoms with Gasteiger partial charge in [-0.3, -0.25) is 14.3 Å². The van der Waals surface area contributed by atoms with Crippen LogP contribution in [0.3, 0.4) is 0 Å². The molecule has 2 heterocycles. The summed E-state index contributed by atoms with van der Waals surface area (Å²) in [6, 6.07) is -0.157. The molecule has 1 unspecified atom stereocenters. The molecule has 0 radical (unpaired) electrons. The molecule has 0 N–H and O–H groups in total. The Kier molecular flexibility index (Phi) is 5.71. The fourth-order valence-corrected chi connectivity index (χ4v) is 2.88. The first-order valence-electron chi connectivity index (χ1n) is 8.36. The summed E-state index contributed by atoms with van der Waals surface area (Å²) >= 11 is 0. The average molecular weight is 347 g/mol. The molecule has 2 rings (SSSR count). The van der Waals surface area contributed by atoms with Crippen LogP contribution in [-0.2, 0) is 17.8 Å². The number of rotatable bonds is 7. The Morgan fingerprint density at radius 1 is 1.24 bits per heavy atom. The highest BCUT2D eigenvalue weighted by atomic mass is 16.4. The fourth-order valence-electron chi connectivity index (χ4n) is 2.88. The minimum Gasteiger partial charge on any atom is -0.423 e. The summed E-state index contributed by atoms with van der Waals surface area (Å²) in [6.07, 6.45) is 0.933. The van der Waals surface area contributed by atoms with Crippen LogP contribution in [0.2, 0.25) is 0 Å². The maximum absolute atomic E-state index is 12.5. The number of amides is 1. The van der Waals surface area contributed by atoms with Crippen molar-refractivity contribution in [2.45, 2.75) is 60.0 Å². The van der Waals surface area contributed by atoms with E-state index < -0.39 is 0 Å². The van der Waals surface area contributed by atoms with E-state index in [1.807, 2.05) is 27.7 Å².